The van der Waals surface area contributed by atoms with Gasteiger partial charge in [0.1, 0.15) is 5.76 Å². The first-order chi connectivity index (χ1) is 8.24. The molecule has 3 heterocycles. The van der Waals surface area contributed by atoms with Crippen molar-refractivity contribution in [3.63, 3.8) is 0 Å². The van der Waals surface area contributed by atoms with E-state index in [2.05, 4.69) is 9.97 Å². The molecule has 0 amide bonds. The summed E-state index contributed by atoms with van der Waals surface area (Å²) in [5, 5.41) is 0. The molecule has 0 aliphatic carbocycles. The molecule has 0 radical (unpaired) electrons. The number of nitrogens with zero attached hydrogens (tertiary/aromatic N) is 1. The molecule has 88 valence electrons. The second-order valence-corrected chi connectivity index (χ2v) is 4.05. The molecule has 5 heteroatoms. The van der Waals surface area contributed by atoms with Gasteiger partial charge in [0.2, 0.25) is 0 Å². The molecule has 0 saturated carbocycles. The van der Waals surface area contributed by atoms with E-state index in [1.54, 1.807) is 6.07 Å². The fraction of sp³-hybridized carbons (Fsp3) is 0.333. The molecular formula is C12H12N2O3. The van der Waals surface area contributed by atoms with E-state index in [9.17, 15) is 4.79 Å². The first kappa shape index (κ1) is 10.3. The minimum atomic E-state index is -0.140. The number of ether oxygens (including phenoxy) is 1. The maximum absolute atomic E-state index is 11.8. The fourth-order valence-electron chi connectivity index (χ4n) is 1.92. The molecule has 17 heavy (non-hydrogen) atoms. The Hall–Kier alpha value is -1.88. The molecule has 0 atom stereocenters. The van der Waals surface area contributed by atoms with Crippen LogP contribution in [0.5, 0.6) is 0 Å². The highest BCUT2D eigenvalue weighted by atomic mass is 16.5. The minimum absolute atomic E-state index is 0.140. The van der Waals surface area contributed by atoms with Crippen LogP contribution in [0.1, 0.15) is 17.0 Å². The lowest BCUT2D eigenvalue weighted by Crippen LogP contribution is -2.24. The van der Waals surface area contributed by atoms with Crippen LogP contribution in [-0.2, 0) is 17.8 Å². The number of nitrogens with one attached hydrogen (secondary N) is 1. The number of hydrogen-bond donors (Lipinski definition) is 1. The molecule has 0 spiro atoms. The van der Waals surface area contributed by atoms with Gasteiger partial charge in [-0.1, -0.05) is 0 Å². The van der Waals surface area contributed by atoms with Gasteiger partial charge in [-0.15, -0.1) is 0 Å². The highest BCUT2D eigenvalue weighted by molar-refractivity contribution is 5.47. The summed E-state index contributed by atoms with van der Waals surface area (Å²) in [5.74, 6) is 1.88. The van der Waals surface area contributed by atoms with Gasteiger partial charge in [-0.2, -0.15) is 0 Å². The Morgan fingerprint density at radius 1 is 1.41 bits per heavy atom. The van der Waals surface area contributed by atoms with Crippen molar-refractivity contribution in [2.24, 2.45) is 0 Å². The Bertz CT molecular complexity index is 612. The van der Waals surface area contributed by atoms with Crippen molar-refractivity contribution >= 4 is 0 Å². The van der Waals surface area contributed by atoms with Crippen LogP contribution in [0.25, 0.3) is 11.6 Å². The number of aromatic amines is 1. The molecule has 2 aromatic rings. The van der Waals surface area contributed by atoms with Gasteiger partial charge in [-0.05, 0) is 19.1 Å². The van der Waals surface area contributed by atoms with Gasteiger partial charge in [-0.25, -0.2) is 4.98 Å². The summed E-state index contributed by atoms with van der Waals surface area (Å²) in [7, 11) is 0. The molecule has 1 aliphatic rings. The van der Waals surface area contributed by atoms with Crippen LogP contribution in [0.2, 0.25) is 0 Å². The summed E-state index contributed by atoms with van der Waals surface area (Å²) in [5.41, 5.74) is 1.30. The van der Waals surface area contributed by atoms with Crippen LogP contribution >= 0.6 is 0 Å². The van der Waals surface area contributed by atoms with Crippen molar-refractivity contribution in [3.8, 4) is 11.6 Å². The Morgan fingerprint density at radius 2 is 2.29 bits per heavy atom. The van der Waals surface area contributed by atoms with Gasteiger partial charge in [0.25, 0.3) is 5.56 Å². The predicted octanol–water partition coefficient (Wildman–Crippen LogP) is 1.41. The van der Waals surface area contributed by atoms with Gasteiger partial charge in [0.15, 0.2) is 11.6 Å². The Balaban J connectivity index is 2.13. The monoisotopic (exact) mass is 232 g/mol. The van der Waals surface area contributed by atoms with Gasteiger partial charge in [-0.3, -0.25) is 4.79 Å². The molecule has 0 aromatic carbocycles. The SMILES string of the molecule is Cc1ccc(-c2nc3c(c(=O)[nH]2)COCC3)o1. The Labute approximate surface area is 97.5 Å². The van der Waals surface area contributed by atoms with Gasteiger partial charge in [0, 0.05) is 6.42 Å². The quantitative estimate of drug-likeness (QED) is 0.807. The minimum Gasteiger partial charge on any atom is -0.458 e. The molecule has 0 unspecified atom stereocenters. The van der Waals surface area contributed by atoms with E-state index in [0.29, 0.717) is 36.8 Å². The van der Waals surface area contributed by atoms with Crippen LogP contribution < -0.4 is 5.56 Å². The average Bonchev–Trinajstić information content (AvgIpc) is 2.76. The summed E-state index contributed by atoms with van der Waals surface area (Å²) in [4.78, 5) is 19.0. The summed E-state index contributed by atoms with van der Waals surface area (Å²) in [6.07, 6.45) is 0.673. The molecule has 0 bridgehead atoms. The maximum atomic E-state index is 11.8. The van der Waals surface area contributed by atoms with Crippen LogP contribution in [0.15, 0.2) is 21.3 Å². The first-order valence-corrected chi connectivity index (χ1v) is 5.50. The fourth-order valence-corrected chi connectivity index (χ4v) is 1.92. The summed E-state index contributed by atoms with van der Waals surface area (Å²) >= 11 is 0. The van der Waals surface area contributed by atoms with Gasteiger partial charge < -0.3 is 14.1 Å². The lowest BCUT2D eigenvalue weighted by Gasteiger charge is -2.14. The third-order valence-corrected chi connectivity index (χ3v) is 2.80. The Kier molecular flexibility index (Phi) is 2.33. The van der Waals surface area contributed by atoms with Crippen LogP contribution in [0.3, 0.4) is 0 Å². The zero-order valence-electron chi connectivity index (χ0n) is 9.45. The standard InChI is InChI=1S/C12H12N2O3/c1-7-2-3-10(17-7)11-13-9-4-5-16-6-8(9)12(15)14-11/h2-3H,4-6H2,1H3,(H,13,14,15). The van der Waals surface area contributed by atoms with E-state index < -0.39 is 0 Å². The molecule has 3 rings (SSSR count). The third kappa shape index (κ3) is 1.78. The van der Waals surface area contributed by atoms with Gasteiger partial charge >= 0.3 is 0 Å². The van der Waals surface area contributed by atoms with Crippen molar-refractivity contribution in [1.29, 1.82) is 0 Å². The number of hydrogen-bond acceptors (Lipinski definition) is 4. The number of aryl methyl sites for hydroxylation is 1. The van der Waals surface area contributed by atoms with Crippen molar-refractivity contribution in [2.45, 2.75) is 20.0 Å². The van der Waals surface area contributed by atoms with Crippen molar-refractivity contribution in [2.75, 3.05) is 6.61 Å². The zero-order chi connectivity index (χ0) is 11.8. The van der Waals surface area contributed by atoms with Crippen molar-refractivity contribution < 1.29 is 9.15 Å². The summed E-state index contributed by atoms with van der Waals surface area (Å²) in [6.45, 7) is 2.81. The largest absolute Gasteiger partial charge is 0.458 e. The van der Waals surface area contributed by atoms with E-state index in [-0.39, 0.29) is 5.56 Å². The average molecular weight is 232 g/mol. The molecule has 1 aliphatic heterocycles. The first-order valence-electron chi connectivity index (χ1n) is 5.50. The van der Waals surface area contributed by atoms with Crippen LogP contribution in [0.4, 0.5) is 0 Å². The normalized spacial score (nSPS) is 14.6. The maximum Gasteiger partial charge on any atom is 0.257 e. The van der Waals surface area contributed by atoms with E-state index >= 15 is 0 Å². The van der Waals surface area contributed by atoms with Gasteiger partial charge in [0.05, 0.1) is 24.5 Å². The predicted molar refractivity (Wildman–Crippen MR) is 60.7 cm³/mol. The molecule has 2 aromatic heterocycles. The summed E-state index contributed by atoms with van der Waals surface area (Å²) in [6, 6.07) is 3.65. The molecule has 0 saturated heterocycles. The van der Waals surface area contributed by atoms with Crippen molar-refractivity contribution in [1.82, 2.24) is 9.97 Å². The molecular weight excluding hydrogens is 220 g/mol. The van der Waals surface area contributed by atoms with E-state index in [0.717, 1.165) is 11.5 Å². The number of aromatic nitrogens is 2. The number of fused-ring (bicyclic) bond motifs is 1. The lowest BCUT2D eigenvalue weighted by atomic mass is 10.1. The molecule has 5 nitrogen and oxygen atoms in total. The molecule has 0 fully saturated rings. The molecule has 1 N–H and O–H groups in total. The second-order valence-electron chi connectivity index (χ2n) is 4.05. The highest BCUT2D eigenvalue weighted by Gasteiger charge is 2.17. The second kappa shape index (κ2) is 3.85. The van der Waals surface area contributed by atoms with E-state index in [1.807, 2.05) is 13.0 Å². The number of rotatable bonds is 1. The van der Waals surface area contributed by atoms with E-state index in [4.69, 9.17) is 9.15 Å². The van der Waals surface area contributed by atoms with Crippen LogP contribution in [0, 0.1) is 6.92 Å². The number of furan rings is 1. The zero-order valence-corrected chi connectivity index (χ0v) is 9.45. The van der Waals surface area contributed by atoms with Crippen LogP contribution in [-0.4, -0.2) is 16.6 Å². The summed E-state index contributed by atoms with van der Waals surface area (Å²) < 4.78 is 10.7. The lowest BCUT2D eigenvalue weighted by molar-refractivity contribution is 0.108. The highest BCUT2D eigenvalue weighted by Crippen LogP contribution is 2.19. The third-order valence-electron chi connectivity index (χ3n) is 2.80. The van der Waals surface area contributed by atoms with E-state index in [1.165, 1.54) is 0 Å². The Morgan fingerprint density at radius 3 is 3.06 bits per heavy atom. The topological polar surface area (TPSA) is 68.1 Å². The smallest absolute Gasteiger partial charge is 0.257 e. The van der Waals surface area contributed by atoms with Crippen molar-refractivity contribution in [3.05, 3.63) is 39.5 Å². The number of H-pyrrole nitrogens is 1.